The molecule has 0 bridgehead atoms. The molecule has 7 nitrogen and oxygen atoms in total. The van der Waals surface area contributed by atoms with Crippen LogP contribution in [0.25, 0.3) is 0 Å². The van der Waals surface area contributed by atoms with Crippen LogP contribution in [-0.2, 0) is 4.74 Å². The Morgan fingerprint density at radius 3 is 2.47 bits per heavy atom. The first-order valence-corrected chi connectivity index (χ1v) is 4.79. The van der Waals surface area contributed by atoms with Gasteiger partial charge < -0.3 is 9.47 Å². The van der Waals surface area contributed by atoms with E-state index in [0.29, 0.717) is 0 Å². The van der Waals surface area contributed by atoms with E-state index in [1.54, 1.807) is 20.8 Å². The zero-order valence-corrected chi connectivity index (χ0v) is 9.67. The van der Waals surface area contributed by atoms with E-state index >= 15 is 0 Å². The Bertz CT molecular complexity index is 421. The molecule has 0 fully saturated rings. The minimum atomic E-state index is -0.904. The summed E-state index contributed by atoms with van der Waals surface area (Å²) < 4.78 is 9.61. The van der Waals surface area contributed by atoms with Gasteiger partial charge in [-0.1, -0.05) is 0 Å². The summed E-state index contributed by atoms with van der Waals surface area (Å²) in [5, 5.41) is 10.4. The maximum Gasteiger partial charge on any atom is 0.515 e. The van der Waals surface area contributed by atoms with Crippen LogP contribution < -0.4 is 4.74 Å². The number of ether oxygens (including phenoxy) is 2. The first-order valence-electron chi connectivity index (χ1n) is 4.79. The van der Waals surface area contributed by atoms with Crippen LogP contribution in [0.5, 0.6) is 5.88 Å². The quantitative estimate of drug-likeness (QED) is 0.447. The van der Waals surface area contributed by atoms with Crippen molar-refractivity contribution in [1.82, 2.24) is 4.98 Å². The minimum Gasteiger partial charge on any atom is -0.428 e. The third-order valence-electron chi connectivity index (χ3n) is 1.51. The second kappa shape index (κ2) is 4.77. The maximum atomic E-state index is 11.2. The van der Waals surface area contributed by atoms with Gasteiger partial charge in [-0.15, -0.1) is 0 Å². The second-order valence-corrected chi connectivity index (χ2v) is 4.18. The fourth-order valence-electron chi connectivity index (χ4n) is 0.897. The van der Waals surface area contributed by atoms with Gasteiger partial charge in [0.2, 0.25) is 5.88 Å². The van der Waals surface area contributed by atoms with Crippen LogP contribution in [-0.4, -0.2) is 21.7 Å². The highest BCUT2D eigenvalue weighted by Crippen LogP contribution is 2.15. The molecule has 0 atom stereocenters. The van der Waals surface area contributed by atoms with Gasteiger partial charge in [-0.25, -0.2) is 9.78 Å². The molecule has 0 amide bonds. The van der Waals surface area contributed by atoms with E-state index in [0.717, 1.165) is 6.20 Å². The van der Waals surface area contributed by atoms with Crippen LogP contribution in [0, 0.1) is 10.1 Å². The first kappa shape index (κ1) is 12.9. The lowest BCUT2D eigenvalue weighted by Gasteiger charge is -2.18. The molecule has 7 heteroatoms. The second-order valence-electron chi connectivity index (χ2n) is 4.18. The van der Waals surface area contributed by atoms with Gasteiger partial charge in [0, 0.05) is 12.1 Å². The van der Waals surface area contributed by atoms with Gasteiger partial charge in [-0.2, -0.15) is 0 Å². The number of pyridine rings is 1. The summed E-state index contributed by atoms with van der Waals surface area (Å²) in [6.07, 6.45) is 0.0959. The number of hydrogen-bond acceptors (Lipinski definition) is 6. The van der Waals surface area contributed by atoms with E-state index in [-0.39, 0.29) is 11.6 Å². The molecule has 1 rings (SSSR count). The molecule has 0 aliphatic heterocycles. The van der Waals surface area contributed by atoms with Gasteiger partial charge in [-0.05, 0) is 20.8 Å². The predicted molar refractivity (Wildman–Crippen MR) is 57.8 cm³/mol. The molecule has 0 radical (unpaired) electrons. The van der Waals surface area contributed by atoms with Crippen molar-refractivity contribution in [3.63, 3.8) is 0 Å². The lowest BCUT2D eigenvalue weighted by atomic mass is 10.2. The average Bonchev–Trinajstić information content (AvgIpc) is 2.15. The molecule has 17 heavy (non-hydrogen) atoms. The van der Waals surface area contributed by atoms with E-state index in [2.05, 4.69) is 4.98 Å². The fourth-order valence-corrected chi connectivity index (χ4v) is 0.897. The summed E-state index contributed by atoms with van der Waals surface area (Å²) >= 11 is 0. The third-order valence-corrected chi connectivity index (χ3v) is 1.51. The zero-order chi connectivity index (χ0) is 13.1. The Balaban J connectivity index is 2.64. The standard InChI is InChI=1S/C10H12N2O5/c1-10(2,3)17-9(13)16-8-5-4-7(6-11-8)12(14)15/h4-6H,1-3H3. The van der Waals surface area contributed by atoms with Gasteiger partial charge in [0.15, 0.2) is 0 Å². The number of carbonyl (C=O) groups is 1. The SMILES string of the molecule is CC(C)(C)OC(=O)Oc1ccc([N+](=O)[O-])cn1. The van der Waals surface area contributed by atoms with Gasteiger partial charge in [0.1, 0.15) is 11.8 Å². The molecule has 0 spiro atoms. The summed E-state index contributed by atoms with van der Waals surface area (Å²) in [5.74, 6) is -0.0511. The zero-order valence-electron chi connectivity index (χ0n) is 9.67. The molecule has 0 aromatic carbocycles. The molecule has 0 N–H and O–H groups in total. The van der Waals surface area contributed by atoms with E-state index in [9.17, 15) is 14.9 Å². The van der Waals surface area contributed by atoms with Crippen LogP contribution in [0.2, 0.25) is 0 Å². The van der Waals surface area contributed by atoms with E-state index < -0.39 is 16.7 Å². The molecule has 1 heterocycles. The third kappa shape index (κ3) is 4.45. The highest BCUT2D eigenvalue weighted by molar-refractivity contribution is 5.63. The van der Waals surface area contributed by atoms with Gasteiger partial charge in [-0.3, -0.25) is 10.1 Å². The summed E-state index contributed by atoms with van der Waals surface area (Å²) in [5.41, 5.74) is -0.848. The number of nitrogens with zero attached hydrogens (tertiary/aromatic N) is 2. The molecular formula is C10H12N2O5. The van der Waals surface area contributed by atoms with Crippen LogP contribution in [0.4, 0.5) is 10.5 Å². The summed E-state index contributed by atoms with van der Waals surface area (Å²) in [6.45, 7) is 5.08. The number of rotatable bonds is 2. The van der Waals surface area contributed by atoms with Crippen LogP contribution in [0.15, 0.2) is 18.3 Å². The molecule has 1 aromatic heterocycles. The Morgan fingerprint density at radius 1 is 1.41 bits per heavy atom. The van der Waals surface area contributed by atoms with Crippen LogP contribution >= 0.6 is 0 Å². The molecule has 0 unspecified atom stereocenters. The normalized spacial score (nSPS) is 10.8. The number of nitro groups is 1. The largest absolute Gasteiger partial charge is 0.515 e. The van der Waals surface area contributed by atoms with E-state index in [4.69, 9.17) is 9.47 Å². The summed E-state index contributed by atoms with van der Waals surface area (Å²) in [7, 11) is 0. The van der Waals surface area contributed by atoms with Gasteiger partial charge in [0.25, 0.3) is 5.69 Å². The fraction of sp³-hybridized carbons (Fsp3) is 0.400. The van der Waals surface area contributed by atoms with E-state index in [1.807, 2.05) is 0 Å². The number of aromatic nitrogens is 1. The van der Waals surface area contributed by atoms with E-state index in [1.165, 1.54) is 12.1 Å². The van der Waals surface area contributed by atoms with Gasteiger partial charge >= 0.3 is 6.16 Å². The highest BCUT2D eigenvalue weighted by Gasteiger charge is 2.18. The summed E-state index contributed by atoms with van der Waals surface area (Å²) in [6, 6.07) is 2.41. The Morgan fingerprint density at radius 2 is 2.06 bits per heavy atom. The Kier molecular flexibility index (Phi) is 3.62. The lowest BCUT2D eigenvalue weighted by molar-refractivity contribution is -0.385. The molecule has 1 aromatic rings. The van der Waals surface area contributed by atoms with Crippen molar-refractivity contribution in [1.29, 1.82) is 0 Å². The minimum absolute atomic E-state index is 0.0511. The van der Waals surface area contributed by atoms with Crippen molar-refractivity contribution in [3.8, 4) is 5.88 Å². The van der Waals surface area contributed by atoms with Crippen molar-refractivity contribution in [3.05, 3.63) is 28.4 Å². The van der Waals surface area contributed by atoms with Crippen molar-refractivity contribution in [2.45, 2.75) is 26.4 Å². The Hall–Kier alpha value is -2.18. The Labute approximate surface area is 97.5 Å². The van der Waals surface area contributed by atoms with Gasteiger partial charge in [0.05, 0.1) is 4.92 Å². The molecule has 0 saturated heterocycles. The molecule has 92 valence electrons. The average molecular weight is 240 g/mol. The van der Waals surface area contributed by atoms with Crippen LogP contribution in [0.3, 0.4) is 0 Å². The first-order chi connectivity index (χ1) is 7.78. The topological polar surface area (TPSA) is 91.6 Å². The molecule has 0 aliphatic carbocycles. The maximum absolute atomic E-state index is 11.2. The highest BCUT2D eigenvalue weighted by atomic mass is 16.7. The van der Waals surface area contributed by atoms with Crippen molar-refractivity contribution in [2.75, 3.05) is 0 Å². The van der Waals surface area contributed by atoms with Crippen molar-refractivity contribution in [2.24, 2.45) is 0 Å². The smallest absolute Gasteiger partial charge is 0.428 e. The van der Waals surface area contributed by atoms with Crippen LogP contribution in [0.1, 0.15) is 20.8 Å². The van der Waals surface area contributed by atoms with Crippen molar-refractivity contribution >= 4 is 11.8 Å². The number of carbonyl (C=O) groups excluding carboxylic acids is 1. The molecular weight excluding hydrogens is 228 g/mol. The summed E-state index contributed by atoms with van der Waals surface area (Å²) in [4.78, 5) is 24.6. The molecule has 0 aliphatic rings. The molecule has 0 saturated carbocycles. The lowest BCUT2D eigenvalue weighted by Crippen LogP contribution is -2.26. The number of hydrogen-bond donors (Lipinski definition) is 0. The van der Waals surface area contributed by atoms with Crippen molar-refractivity contribution < 1.29 is 19.2 Å². The predicted octanol–water partition coefficient (Wildman–Crippen LogP) is 2.30. The monoisotopic (exact) mass is 240 g/mol.